The number of carbonyl (C=O) groups excluding carboxylic acids is 2. The van der Waals surface area contributed by atoms with Crippen LogP contribution >= 0.6 is 12.4 Å². The molecule has 1 aromatic carbocycles. The molecule has 0 heterocycles. The van der Waals surface area contributed by atoms with E-state index in [1.54, 1.807) is 24.3 Å². The second-order valence-corrected chi connectivity index (χ2v) is 4.69. The second kappa shape index (κ2) is 12.0. The van der Waals surface area contributed by atoms with E-state index in [1.807, 2.05) is 14.0 Å². The van der Waals surface area contributed by atoms with Crippen LogP contribution in [0.5, 0.6) is 5.75 Å². The summed E-state index contributed by atoms with van der Waals surface area (Å²) in [6.07, 6.45) is 1.34. The van der Waals surface area contributed by atoms with Crippen LogP contribution in [0.15, 0.2) is 24.3 Å². The molecule has 124 valence electrons. The molecule has 1 amide bonds. The van der Waals surface area contributed by atoms with Gasteiger partial charge < -0.3 is 15.4 Å². The Labute approximate surface area is 138 Å². The number of rotatable bonds is 10. The molecule has 2 N–H and O–H groups in total. The lowest BCUT2D eigenvalue weighted by Gasteiger charge is -2.06. The van der Waals surface area contributed by atoms with Crippen LogP contribution in [0.4, 0.5) is 0 Å². The van der Waals surface area contributed by atoms with Crippen LogP contribution in [0.3, 0.4) is 0 Å². The van der Waals surface area contributed by atoms with Crippen molar-refractivity contribution in [1.29, 1.82) is 0 Å². The summed E-state index contributed by atoms with van der Waals surface area (Å²) < 4.78 is 5.32. The van der Waals surface area contributed by atoms with Crippen LogP contribution in [0.2, 0.25) is 0 Å². The fraction of sp³-hybridized carbons (Fsp3) is 0.500. The lowest BCUT2D eigenvalue weighted by molar-refractivity contribution is -0.121. The lowest BCUT2D eigenvalue weighted by atomic mass is 10.1. The van der Waals surface area contributed by atoms with E-state index in [-0.39, 0.29) is 36.9 Å². The first-order valence-electron chi connectivity index (χ1n) is 7.34. The fourth-order valence-corrected chi connectivity index (χ4v) is 1.86. The summed E-state index contributed by atoms with van der Waals surface area (Å²) in [5.41, 5.74) is 0.612. The molecule has 22 heavy (non-hydrogen) atoms. The summed E-state index contributed by atoms with van der Waals surface area (Å²) >= 11 is 0. The molecule has 0 aliphatic rings. The summed E-state index contributed by atoms with van der Waals surface area (Å²) in [5, 5.41) is 5.81. The Hall–Kier alpha value is -1.59. The van der Waals surface area contributed by atoms with Crippen molar-refractivity contribution < 1.29 is 14.3 Å². The maximum atomic E-state index is 12.0. The minimum atomic E-state index is -0.0783. The van der Waals surface area contributed by atoms with Crippen molar-refractivity contribution in [2.45, 2.75) is 26.2 Å². The van der Waals surface area contributed by atoms with Crippen molar-refractivity contribution in [3.05, 3.63) is 29.8 Å². The van der Waals surface area contributed by atoms with Gasteiger partial charge in [0, 0.05) is 24.9 Å². The average molecular weight is 329 g/mol. The number of amides is 1. The summed E-state index contributed by atoms with van der Waals surface area (Å²) in [6, 6.07) is 7.01. The molecule has 0 unspecified atom stereocenters. The number of ether oxygens (including phenoxy) is 1. The topological polar surface area (TPSA) is 67.4 Å². The van der Waals surface area contributed by atoms with Gasteiger partial charge in [-0.1, -0.05) is 0 Å². The summed E-state index contributed by atoms with van der Waals surface area (Å²) in [4.78, 5) is 23.5. The lowest BCUT2D eigenvalue weighted by Crippen LogP contribution is -2.26. The molecule has 0 saturated carbocycles. The van der Waals surface area contributed by atoms with Gasteiger partial charge in [0.15, 0.2) is 5.78 Å². The van der Waals surface area contributed by atoms with E-state index in [4.69, 9.17) is 4.74 Å². The average Bonchev–Trinajstić information content (AvgIpc) is 2.50. The number of halogens is 1. The van der Waals surface area contributed by atoms with Gasteiger partial charge in [-0.3, -0.25) is 9.59 Å². The molecule has 0 aliphatic heterocycles. The third-order valence-corrected chi connectivity index (χ3v) is 2.99. The monoisotopic (exact) mass is 328 g/mol. The van der Waals surface area contributed by atoms with Crippen molar-refractivity contribution in [3.8, 4) is 5.75 Å². The van der Waals surface area contributed by atoms with Gasteiger partial charge in [-0.15, -0.1) is 12.4 Å². The third kappa shape index (κ3) is 8.00. The minimum absolute atomic E-state index is 0. The molecule has 0 fully saturated rings. The minimum Gasteiger partial charge on any atom is -0.494 e. The van der Waals surface area contributed by atoms with E-state index in [1.165, 1.54) is 0 Å². The van der Waals surface area contributed by atoms with Gasteiger partial charge in [0.25, 0.3) is 0 Å². The molecule has 0 radical (unpaired) electrons. The van der Waals surface area contributed by atoms with E-state index in [2.05, 4.69) is 10.6 Å². The summed E-state index contributed by atoms with van der Waals surface area (Å²) in [7, 11) is 1.87. The summed E-state index contributed by atoms with van der Waals surface area (Å²) in [6.45, 7) is 4.01. The zero-order valence-corrected chi connectivity index (χ0v) is 14.0. The highest BCUT2D eigenvalue weighted by atomic mass is 35.5. The number of nitrogens with one attached hydrogen (secondary N) is 2. The van der Waals surface area contributed by atoms with Gasteiger partial charge >= 0.3 is 0 Å². The molecule has 0 bridgehead atoms. The predicted molar refractivity (Wildman–Crippen MR) is 90.0 cm³/mol. The van der Waals surface area contributed by atoms with Gasteiger partial charge in [-0.05, 0) is 51.2 Å². The highest BCUT2D eigenvalue weighted by molar-refractivity contribution is 5.98. The van der Waals surface area contributed by atoms with Crippen molar-refractivity contribution in [2.24, 2.45) is 0 Å². The first kappa shape index (κ1) is 20.4. The van der Waals surface area contributed by atoms with E-state index in [0.29, 0.717) is 18.7 Å². The highest BCUT2D eigenvalue weighted by Crippen LogP contribution is 2.13. The zero-order chi connectivity index (χ0) is 15.5. The Morgan fingerprint density at radius 1 is 1.09 bits per heavy atom. The first-order valence-corrected chi connectivity index (χ1v) is 7.34. The SMILES string of the molecule is CCOc1ccc(C(=O)CCC(=O)NCCCNC)cc1.Cl. The Balaban J connectivity index is 0.00000441. The van der Waals surface area contributed by atoms with Crippen LogP contribution in [0.25, 0.3) is 0 Å². The smallest absolute Gasteiger partial charge is 0.220 e. The number of Topliss-reactive ketones (excluding diaryl/α,β-unsaturated/α-hetero) is 1. The van der Waals surface area contributed by atoms with Crippen molar-refractivity contribution in [2.75, 3.05) is 26.7 Å². The first-order chi connectivity index (χ1) is 10.2. The molecule has 0 aliphatic carbocycles. The molecule has 1 aromatic rings. The molecule has 0 spiro atoms. The maximum absolute atomic E-state index is 12.0. The zero-order valence-electron chi connectivity index (χ0n) is 13.2. The van der Waals surface area contributed by atoms with Gasteiger partial charge in [0.1, 0.15) is 5.75 Å². The number of carbonyl (C=O) groups is 2. The number of hydrogen-bond donors (Lipinski definition) is 2. The molecule has 0 atom stereocenters. The molecule has 5 nitrogen and oxygen atoms in total. The van der Waals surface area contributed by atoms with Crippen LogP contribution in [0.1, 0.15) is 36.5 Å². The Morgan fingerprint density at radius 2 is 1.77 bits per heavy atom. The molecule has 1 rings (SSSR count). The van der Waals surface area contributed by atoms with Gasteiger partial charge in [0.05, 0.1) is 6.61 Å². The number of ketones is 1. The number of benzene rings is 1. The molecule has 6 heteroatoms. The van der Waals surface area contributed by atoms with Crippen molar-refractivity contribution in [3.63, 3.8) is 0 Å². The quantitative estimate of drug-likeness (QED) is 0.510. The molecule has 0 aromatic heterocycles. The van der Waals surface area contributed by atoms with E-state index < -0.39 is 0 Å². The van der Waals surface area contributed by atoms with Crippen LogP contribution < -0.4 is 15.4 Å². The Bertz CT molecular complexity index is 449. The van der Waals surface area contributed by atoms with E-state index >= 15 is 0 Å². The van der Waals surface area contributed by atoms with Crippen LogP contribution in [0, 0.1) is 0 Å². The maximum Gasteiger partial charge on any atom is 0.220 e. The van der Waals surface area contributed by atoms with Gasteiger partial charge in [0.2, 0.25) is 5.91 Å². The van der Waals surface area contributed by atoms with Crippen molar-refractivity contribution >= 4 is 24.1 Å². The molecule has 0 saturated heterocycles. The predicted octanol–water partition coefficient (Wildman–Crippen LogP) is 2.20. The largest absolute Gasteiger partial charge is 0.494 e. The second-order valence-electron chi connectivity index (χ2n) is 4.69. The Morgan fingerprint density at radius 3 is 2.36 bits per heavy atom. The van der Waals surface area contributed by atoms with E-state index in [9.17, 15) is 9.59 Å². The van der Waals surface area contributed by atoms with E-state index in [0.717, 1.165) is 18.7 Å². The fourth-order valence-electron chi connectivity index (χ4n) is 1.86. The molecular weight excluding hydrogens is 304 g/mol. The normalized spacial score (nSPS) is 9.73. The van der Waals surface area contributed by atoms with Crippen molar-refractivity contribution in [1.82, 2.24) is 10.6 Å². The highest BCUT2D eigenvalue weighted by Gasteiger charge is 2.09. The third-order valence-electron chi connectivity index (χ3n) is 2.99. The summed E-state index contributed by atoms with van der Waals surface area (Å²) in [5.74, 6) is 0.644. The standard InChI is InChI=1S/C16H24N2O3.ClH/c1-3-21-14-7-5-13(6-8-14)15(19)9-10-16(20)18-12-4-11-17-2;/h5-8,17H,3-4,9-12H2,1-2H3,(H,18,20);1H. The van der Waals surface area contributed by atoms with Gasteiger partial charge in [-0.2, -0.15) is 0 Å². The van der Waals surface area contributed by atoms with Crippen LogP contribution in [-0.4, -0.2) is 38.4 Å². The molecular formula is C16H25ClN2O3. The number of hydrogen-bond acceptors (Lipinski definition) is 4. The Kier molecular flexibility index (Phi) is 11.1. The van der Waals surface area contributed by atoms with Gasteiger partial charge in [-0.25, -0.2) is 0 Å². The van der Waals surface area contributed by atoms with Crippen LogP contribution in [-0.2, 0) is 4.79 Å².